The molecule has 0 unspecified atom stereocenters. The van der Waals surface area contributed by atoms with Gasteiger partial charge in [0, 0.05) is 0 Å². The Balaban J connectivity index is 0.000000894. The van der Waals surface area contributed by atoms with Crippen molar-refractivity contribution in [3.05, 3.63) is 0 Å². The molecule has 2 heterocycles. The van der Waals surface area contributed by atoms with E-state index in [4.69, 9.17) is 51.6 Å². The Morgan fingerprint density at radius 3 is 1.27 bits per heavy atom. The minimum Gasteiger partial charge on any atom is -0.542 e. The predicted molar refractivity (Wildman–Crippen MR) is 122 cm³/mol. The first-order valence-corrected chi connectivity index (χ1v) is 11.7. The lowest BCUT2D eigenvalue weighted by Gasteiger charge is -2.28. The maximum absolute atomic E-state index is 10.5. The van der Waals surface area contributed by atoms with Crippen LogP contribution in [0.25, 0.3) is 0 Å². The van der Waals surface area contributed by atoms with Crippen molar-refractivity contribution in [3.8, 4) is 24.7 Å². The number of alkyl halides is 6. The van der Waals surface area contributed by atoms with Gasteiger partial charge in [-0.2, -0.15) is 26.3 Å². The van der Waals surface area contributed by atoms with Gasteiger partial charge in [0.25, 0.3) is 0 Å². The normalized spacial score (nSPS) is 22.5. The number of carbonyl (C=O) groups excluding carboxylic acids is 2. The first-order chi connectivity index (χ1) is 18.2. The minimum absolute atomic E-state index is 0.0342. The van der Waals surface area contributed by atoms with Crippen LogP contribution in [0, 0.1) is 24.7 Å². The molecule has 0 saturated carbocycles. The highest BCUT2D eigenvalue weighted by Gasteiger charge is 2.49. The third-order valence-corrected chi connectivity index (χ3v) is 5.52. The van der Waals surface area contributed by atoms with Crippen LogP contribution in [0.5, 0.6) is 0 Å². The lowest BCUT2D eigenvalue weighted by Crippen LogP contribution is -2.44. The summed E-state index contributed by atoms with van der Waals surface area (Å²) in [6, 6.07) is 0. The Kier molecular flexibility index (Phi) is 15.0. The zero-order chi connectivity index (χ0) is 31.4. The summed E-state index contributed by atoms with van der Waals surface area (Å²) in [5, 5.41) is 17.6. The van der Waals surface area contributed by atoms with Crippen LogP contribution >= 0.6 is 0 Å². The van der Waals surface area contributed by atoms with Gasteiger partial charge in [0.1, 0.15) is 62.5 Å². The van der Waals surface area contributed by atoms with Crippen molar-refractivity contribution in [3.63, 3.8) is 0 Å². The Bertz CT molecular complexity index is 824. The number of fused-ring (bicyclic) bond motifs is 1. The van der Waals surface area contributed by atoms with Gasteiger partial charge in [-0.15, -0.1) is 12.8 Å². The smallest absolute Gasteiger partial charge is 0.430 e. The van der Waals surface area contributed by atoms with E-state index >= 15 is 0 Å². The van der Waals surface area contributed by atoms with Crippen LogP contribution in [0.1, 0.15) is 0 Å². The van der Waals surface area contributed by atoms with Crippen molar-refractivity contribution < 1.29 is 74.1 Å². The Hall–Kier alpha value is -2.60. The lowest BCUT2D eigenvalue weighted by molar-refractivity contribution is -0.883. The van der Waals surface area contributed by atoms with Gasteiger partial charge in [-0.1, -0.05) is 0 Å². The SMILES string of the molecule is C#CC[N+](C)(C)CCO[C@H]1CO[C@H]2[C@@H]1OC[C@H]2OCC[N+](C)(C)CC#C.O=C([O-])C(F)(F)F.O=C([O-])C(F)(F)F. The molecule has 16 heteroatoms. The second-order valence-corrected chi connectivity index (χ2v) is 10.0. The molecule has 2 aliphatic rings. The van der Waals surface area contributed by atoms with E-state index in [1.54, 1.807) is 0 Å². The fourth-order valence-electron chi connectivity index (χ4n) is 3.27. The van der Waals surface area contributed by atoms with E-state index in [0.29, 0.717) is 39.5 Å². The topological polar surface area (TPSA) is 117 Å². The van der Waals surface area contributed by atoms with E-state index in [-0.39, 0.29) is 24.4 Å². The molecule has 230 valence electrons. The van der Waals surface area contributed by atoms with E-state index in [0.717, 1.165) is 22.1 Å². The van der Waals surface area contributed by atoms with Gasteiger partial charge in [-0.25, -0.2) is 0 Å². The summed E-state index contributed by atoms with van der Waals surface area (Å²) in [4.78, 5) is 17.6. The molecule has 2 aliphatic heterocycles. The van der Waals surface area contributed by atoms with Crippen LogP contribution in [0.3, 0.4) is 0 Å². The predicted octanol–water partition coefficient (Wildman–Crippen LogP) is -1.43. The van der Waals surface area contributed by atoms with Gasteiger partial charge in [0.15, 0.2) is 0 Å². The van der Waals surface area contributed by atoms with Crippen molar-refractivity contribution in [1.82, 2.24) is 0 Å². The molecular weight excluding hydrogens is 558 g/mol. The molecule has 2 fully saturated rings. The van der Waals surface area contributed by atoms with Crippen LogP contribution < -0.4 is 10.2 Å². The number of ether oxygens (including phenoxy) is 4. The standard InChI is InChI=1S/C20H34N2O4.2C2HF3O2/c1-7-9-21(3,4)11-13-23-17-15-25-20-18(16-26-19(17)20)24-14-12-22(5,6)10-8-2;2*3-2(4,5)1(6)7/h1-2,17-20H,9-16H2,3-6H3;2*(H,6,7)/q+2;;/p-2/t17-,18+,19-,20-;;/m1../s1. The number of aliphatic carboxylic acids is 2. The molecule has 0 radical (unpaired) electrons. The van der Waals surface area contributed by atoms with Crippen molar-refractivity contribution in [2.45, 2.75) is 36.8 Å². The molecule has 10 nitrogen and oxygen atoms in total. The molecule has 0 spiro atoms. The van der Waals surface area contributed by atoms with Gasteiger partial charge < -0.3 is 47.7 Å². The molecule has 2 rings (SSSR count). The maximum Gasteiger partial charge on any atom is 0.430 e. The van der Waals surface area contributed by atoms with E-state index in [2.05, 4.69) is 40.0 Å². The van der Waals surface area contributed by atoms with E-state index in [9.17, 15) is 26.3 Å². The fourth-order valence-corrected chi connectivity index (χ4v) is 3.27. The molecule has 40 heavy (non-hydrogen) atoms. The maximum atomic E-state index is 10.5. The first-order valence-electron chi connectivity index (χ1n) is 11.7. The summed E-state index contributed by atoms with van der Waals surface area (Å²) in [7, 11) is 8.42. The fraction of sp³-hybridized carbons (Fsp3) is 0.750. The third-order valence-electron chi connectivity index (χ3n) is 5.52. The van der Waals surface area contributed by atoms with Crippen molar-refractivity contribution >= 4 is 11.9 Å². The average Bonchev–Trinajstić information content (AvgIpc) is 3.36. The summed E-state index contributed by atoms with van der Waals surface area (Å²) >= 11 is 0. The summed E-state index contributed by atoms with van der Waals surface area (Å²) in [5.41, 5.74) is 0. The number of quaternary nitrogens is 2. The number of rotatable bonds is 10. The van der Waals surface area contributed by atoms with Crippen LogP contribution in [-0.4, -0.2) is 138 Å². The molecule has 0 aliphatic carbocycles. The van der Waals surface area contributed by atoms with E-state index in [1.165, 1.54) is 0 Å². The van der Waals surface area contributed by atoms with Gasteiger partial charge in [0.05, 0.1) is 54.6 Å². The zero-order valence-corrected chi connectivity index (χ0v) is 22.5. The van der Waals surface area contributed by atoms with Crippen molar-refractivity contribution in [2.24, 2.45) is 0 Å². The van der Waals surface area contributed by atoms with Gasteiger partial charge in [0.2, 0.25) is 0 Å². The minimum atomic E-state index is -5.19. The Morgan fingerprint density at radius 2 is 1.05 bits per heavy atom. The van der Waals surface area contributed by atoms with Crippen LogP contribution in [0.4, 0.5) is 26.3 Å². The third kappa shape index (κ3) is 14.7. The molecule has 0 aromatic carbocycles. The van der Waals surface area contributed by atoms with Crippen LogP contribution in [-0.2, 0) is 28.5 Å². The summed E-state index contributed by atoms with van der Waals surface area (Å²) in [6.07, 6.45) is 0.265. The Labute approximate surface area is 228 Å². The van der Waals surface area contributed by atoms with Gasteiger partial charge in [-0.3, -0.25) is 0 Å². The first kappa shape index (κ1) is 37.4. The highest BCUT2D eigenvalue weighted by Crippen LogP contribution is 2.30. The summed E-state index contributed by atoms with van der Waals surface area (Å²) in [5.74, 6) is -0.602. The second kappa shape index (κ2) is 16.0. The molecule has 4 atom stereocenters. The highest BCUT2D eigenvalue weighted by molar-refractivity contribution is 5.71. The molecule has 0 aromatic heterocycles. The molecule has 0 bridgehead atoms. The summed E-state index contributed by atoms with van der Waals surface area (Å²) < 4.78 is 88.5. The highest BCUT2D eigenvalue weighted by atomic mass is 19.4. The second-order valence-electron chi connectivity index (χ2n) is 10.0. The largest absolute Gasteiger partial charge is 0.542 e. The molecular formula is C24H34F6N2O8. The number of hydrogen-bond donors (Lipinski definition) is 0. The number of carbonyl (C=O) groups is 2. The van der Waals surface area contributed by atoms with E-state index < -0.39 is 24.3 Å². The number of carboxylic acids is 2. The van der Waals surface area contributed by atoms with Crippen molar-refractivity contribution in [1.29, 1.82) is 0 Å². The van der Waals surface area contributed by atoms with Crippen LogP contribution in [0.2, 0.25) is 0 Å². The number of terminal acetylenes is 2. The van der Waals surface area contributed by atoms with Crippen molar-refractivity contribution in [2.75, 3.05) is 80.8 Å². The number of halogens is 6. The van der Waals surface area contributed by atoms with E-state index in [1.807, 2.05) is 0 Å². The molecule has 0 N–H and O–H groups in total. The van der Waals surface area contributed by atoms with Gasteiger partial charge in [-0.05, 0) is 11.8 Å². The Morgan fingerprint density at radius 1 is 0.775 bits per heavy atom. The lowest BCUT2D eigenvalue weighted by atomic mass is 10.1. The summed E-state index contributed by atoms with van der Waals surface area (Å²) in [6.45, 7) is 5.49. The quantitative estimate of drug-likeness (QED) is 0.172. The number of carboxylic acid groups (broad SMARTS) is 2. The molecule has 0 amide bonds. The number of hydrogen-bond acceptors (Lipinski definition) is 8. The number of likely N-dealkylation sites (N-methyl/N-ethyl adjacent to an activating group) is 2. The molecule has 0 aromatic rings. The molecule has 2 saturated heterocycles. The van der Waals surface area contributed by atoms with Gasteiger partial charge >= 0.3 is 12.4 Å². The average molecular weight is 593 g/mol. The monoisotopic (exact) mass is 592 g/mol. The number of nitrogens with zero attached hydrogens (tertiary/aromatic N) is 2. The van der Waals surface area contributed by atoms with Crippen LogP contribution in [0.15, 0.2) is 0 Å². The zero-order valence-electron chi connectivity index (χ0n) is 22.5.